The number of aromatic nitrogens is 2. The lowest BCUT2D eigenvalue weighted by Crippen LogP contribution is -2.18. The van der Waals surface area contributed by atoms with E-state index in [9.17, 15) is 4.79 Å². The Bertz CT molecular complexity index is 1480. The van der Waals surface area contributed by atoms with Crippen molar-refractivity contribution < 1.29 is 9.53 Å². The van der Waals surface area contributed by atoms with Gasteiger partial charge in [0.05, 0.1) is 23.9 Å². The van der Waals surface area contributed by atoms with Gasteiger partial charge < -0.3 is 19.6 Å². The summed E-state index contributed by atoms with van der Waals surface area (Å²) < 4.78 is 10.0. The van der Waals surface area contributed by atoms with Gasteiger partial charge in [0.25, 0.3) is 0 Å². The number of hydrogen-bond donors (Lipinski definition) is 1. The fraction of sp³-hybridized carbons (Fsp3) is 0.433. The van der Waals surface area contributed by atoms with Gasteiger partial charge in [-0.1, -0.05) is 43.5 Å². The van der Waals surface area contributed by atoms with Crippen LogP contribution in [0.3, 0.4) is 0 Å². The first-order chi connectivity index (χ1) is 17.1. The Balaban J connectivity index is 1.56. The summed E-state index contributed by atoms with van der Waals surface area (Å²) in [5.74, 6) is 0.277. The number of nitrogens with zero attached hydrogens (tertiary/aromatic N) is 2. The molecule has 2 aromatic carbocycles. The molecule has 3 aliphatic rings. The first kappa shape index (κ1) is 21.3. The van der Waals surface area contributed by atoms with Crippen LogP contribution in [0.5, 0.6) is 0 Å². The normalized spacial score (nSPS) is 19.4. The maximum Gasteiger partial charge on any atom is 0.337 e. The lowest BCUT2D eigenvalue weighted by Gasteiger charge is -2.25. The molecule has 0 radical (unpaired) electrons. The van der Waals surface area contributed by atoms with Crippen LogP contribution in [0.25, 0.3) is 33.1 Å². The Labute approximate surface area is 205 Å². The third kappa shape index (κ3) is 3.14. The van der Waals surface area contributed by atoms with Gasteiger partial charge in [-0.3, -0.25) is 0 Å². The fourth-order valence-corrected chi connectivity index (χ4v) is 6.88. The van der Waals surface area contributed by atoms with E-state index < -0.39 is 0 Å². The second-order valence-corrected chi connectivity index (χ2v) is 10.9. The highest BCUT2D eigenvalue weighted by Gasteiger charge is 2.42. The van der Waals surface area contributed by atoms with Crippen molar-refractivity contribution in [1.29, 1.82) is 0 Å². The second kappa shape index (κ2) is 7.72. The Kier molecular flexibility index (Phi) is 4.69. The van der Waals surface area contributed by atoms with Crippen LogP contribution in [0.1, 0.15) is 78.8 Å². The molecule has 5 heteroatoms. The van der Waals surface area contributed by atoms with E-state index in [2.05, 4.69) is 45.7 Å². The number of aryl methyl sites for hydroxylation is 2. The zero-order valence-electron chi connectivity index (χ0n) is 20.5. The van der Waals surface area contributed by atoms with E-state index in [4.69, 9.17) is 10.5 Å². The second-order valence-electron chi connectivity index (χ2n) is 10.9. The molecule has 2 saturated carbocycles. The minimum Gasteiger partial charge on any atom is -0.465 e. The zero-order valence-corrected chi connectivity index (χ0v) is 20.5. The molecule has 4 aromatic rings. The third-order valence-electron chi connectivity index (χ3n) is 8.80. The van der Waals surface area contributed by atoms with E-state index in [0.29, 0.717) is 11.5 Å². The number of esters is 1. The van der Waals surface area contributed by atoms with E-state index in [1.54, 1.807) is 0 Å². The molecule has 180 valence electrons. The number of fused-ring (bicyclic) bond motifs is 4. The lowest BCUT2D eigenvalue weighted by molar-refractivity contribution is 0.0601. The number of carbonyl (C=O) groups is 1. The molecule has 5 nitrogen and oxygen atoms in total. The summed E-state index contributed by atoms with van der Waals surface area (Å²) in [4.78, 5) is 12.4. The van der Waals surface area contributed by atoms with Crippen LogP contribution in [0, 0.1) is 0 Å². The highest BCUT2D eigenvalue weighted by atomic mass is 16.5. The van der Waals surface area contributed by atoms with Gasteiger partial charge in [0.2, 0.25) is 0 Å². The topological polar surface area (TPSA) is 62.2 Å². The quantitative estimate of drug-likeness (QED) is 0.352. The molecule has 2 fully saturated rings. The van der Waals surface area contributed by atoms with Crippen LogP contribution >= 0.6 is 0 Å². The Morgan fingerprint density at radius 2 is 1.86 bits per heavy atom. The summed E-state index contributed by atoms with van der Waals surface area (Å²) in [5.41, 5.74) is 15.2. The van der Waals surface area contributed by atoms with Gasteiger partial charge in [-0.2, -0.15) is 0 Å². The molecule has 3 heterocycles. The average Bonchev–Trinajstić information content (AvgIpc) is 3.40. The predicted molar refractivity (Wildman–Crippen MR) is 140 cm³/mol. The molecule has 0 amide bonds. The SMILES string of the molecule is COC(=O)c1ccc2c(C3CCCCC3)c3n(c2c1)CCCn1cc(C2(N)CC2)c2cccc-3c21. The van der Waals surface area contributed by atoms with Crippen LogP contribution in [-0.4, -0.2) is 22.2 Å². The maximum atomic E-state index is 12.4. The first-order valence-electron chi connectivity index (χ1n) is 13.2. The molecule has 2 aliphatic carbocycles. The minimum atomic E-state index is -0.272. The molecule has 1 aliphatic heterocycles. The summed E-state index contributed by atoms with van der Waals surface area (Å²) >= 11 is 0. The zero-order chi connectivity index (χ0) is 23.7. The highest BCUT2D eigenvalue weighted by molar-refractivity contribution is 6.03. The largest absolute Gasteiger partial charge is 0.465 e. The van der Waals surface area contributed by atoms with Gasteiger partial charge in [0, 0.05) is 46.7 Å². The van der Waals surface area contributed by atoms with Crippen molar-refractivity contribution in [3.8, 4) is 11.3 Å². The van der Waals surface area contributed by atoms with Crippen molar-refractivity contribution >= 4 is 27.8 Å². The molecule has 7 rings (SSSR count). The number of hydrogen-bond acceptors (Lipinski definition) is 3. The number of nitrogens with two attached hydrogens (primary N) is 1. The number of para-hydroxylation sites is 1. The van der Waals surface area contributed by atoms with Gasteiger partial charge in [-0.25, -0.2) is 4.79 Å². The van der Waals surface area contributed by atoms with Crippen molar-refractivity contribution in [1.82, 2.24) is 9.13 Å². The van der Waals surface area contributed by atoms with Gasteiger partial charge in [-0.15, -0.1) is 0 Å². The number of methoxy groups -OCH3 is 1. The van der Waals surface area contributed by atoms with Crippen LogP contribution in [0.2, 0.25) is 0 Å². The smallest absolute Gasteiger partial charge is 0.337 e. The van der Waals surface area contributed by atoms with Gasteiger partial charge in [0.15, 0.2) is 0 Å². The van der Waals surface area contributed by atoms with Crippen LogP contribution in [0.4, 0.5) is 0 Å². The van der Waals surface area contributed by atoms with E-state index in [0.717, 1.165) is 37.9 Å². The molecule has 0 spiro atoms. The minimum absolute atomic E-state index is 0.162. The first-order valence-corrected chi connectivity index (χ1v) is 13.2. The molecule has 2 aromatic heterocycles. The van der Waals surface area contributed by atoms with Crippen LogP contribution in [0.15, 0.2) is 42.6 Å². The van der Waals surface area contributed by atoms with Crippen molar-refractivity contribution in [2.75, 3.05) is 7.11 Å². The Hall–Kier alpha value is -3.05. The average molecular weight is 468 g/mol. The monoisotopic (exact) mass is 467 g/mol. The predicted octanol–water partition coefficient (Wildman–Crippen LogP) is 6.45. The van der Waals surface area contributed by atoms with Gasteiger partial charge >= 0.3 is 5.97 Å². The van der Waals surface area contributed by atoms with Crippen molar-refractivity contribution in [2.45, 2.75) is 75.9 Å². The molecule has 2 N–H and O–H groups in total. The van der Waals surface area contributed by atoms with E-state index >= 15 is 0 Å². The fourth-order valence-electron chi connectivity index (χ4n) is 6.88. The van der Waals surface area contributed by atoms with Gasteiger partial charge in [-0.05, 0) is 61.3 Å². The summed E-state index contributed by atoms with van der Waals surface area (Å²) in [6, 6.07) is 13.0. The number of rotatable bonds is 3. The molecule has 35 heavy (non-hydrogen) atoms. The van der Waals surface area contributed by atoms with Gasteiger partial charge in [0.1, 0.15) is 0 Å². The highest BCUT2D eigenvalue weighted by Crippen LogP contribution is 2.50. The van der Waals surface area contributed by atoms with Crippen LogP contribution < -0.4 is 5.73 Å². The van der Waals surface area contributed by atoms with E-state index in [1.165, 1.54) is 77.9 Å². The third-order valence-corrected chi connectivity index (χ3v) is 8.80. The molecule has 0 bridgehead atoms. The van der Waals surface area contributed by atoms with Crippen molar-refractivity contribution in [3.63, 3.8) is 0 Å². The molecule has 0 unspecified atom stereocenters. The molecular weight excluding hydrogens is 434 g/mol. The molecule has 0 atom stereocenters. The summed E-state index contributed by atoms with van der Waals surface area (Å²) in [6.45, 7) is 1.90. The molecule has 0 saturated heterocycles. The molecular formula is C30H33N3O2. The lowest BCUT2D eigenvalue weighted by atomic mass is 9.81. The van der Waals surface area contributed by atoms with Crippen molar-refractivity contribution in [2.24, 2.45) is 5.73 Å². The Morgan fingerprint density at radius 3 is 2.63 bits per heavy atom. The number of carbonyl (C=O) groups excluding carboxylic acids is 1. The standard InChI is InChI=1S/C30H33N3O2/c1-35-29(34)20-11-12-22-25(17-20)33-16-6-15-32-18-24(30(31)13-14-30)21-9-5-10-23(27(21)32)28(33)26(22)19-7-3-2-4-8-19/h5,9-12,17-19H,2-4,6-8,13-16,31H2,1H3. The number of benzene rings is 2. The maximum absolute atomic E-state index is 12.4. The van der Waals surface area contributed by atoms with Crippen LogP contribution in [-0.2, 0) is 23.4 Å². The summed E-state index contributed by atoms with van der Waals surface area (Å²) in [7, 11) is 1.46. The number of ether oxygens (including phenoxy) is 1. The Morgan fingerprint density at radius 1 is 1.03 bits per heavy atom. The van der Waals surface area contributed by atoms with E-state index in [-0.39, 0.29) is 11.5 Å². The van der Waals surface area contributed by atoms with E-state index in [1.807, 2.05) is 6.07 Å². The summed E-state index contributed by atoms with van der Waals surface area (Å²) in [6.07, 6.45) is 11.9. The summed E-state index contributed by atoms with van der Waals surface area (Å²) in [5, 5.41) is 2.61. The van der Waals surface area contributed by atoms with Crippen molar-refractivity contribution in [3.05, 3.63) is 59.3 Å².